The first-order valence-corrected chi connectivity index (χ1v) is 10.7. The standard InChI is InChI=1S/C26H33F/c1-2-3-6-21-8-12-23(13-9-21)25-16-18-26(19-17-25)24-14-10-22(11-15-24)7-4-5-20-27/h5,8-9,12-13,16-20,22,24H,2-4,6-7,10-11,14-15H2,1H3/b20-5+/t22-,24-. The Bertz CT molecular complexity index is 688. The van der Waals surface area contributed by atoms with Gasteiger partial charge in [-0.1, -0.05) is 68.0 Å². The topological polar surface area (TPSA) is 0 Å². The number of unbranched alkanes of at least 4 members (excludes halogenated alkanes) is 1. The zero-order chi connectivity index (χ0) is 18.9. The monoisotopic (exact) mass is 364 g/mol. The van der Waals surface area contributed by atoms with Crippen molar-refractivity contribution < 1.29 is 4.39 Å². The largest absolute Gasteiger partial charge is 0.216 e. The molecule has 1 fully saturated rings. The van der Waals surface area contributed by atoms with Crippen LogP contribution in [0.3, 0.4) is 0 Å². The average Bonchev–Trinajstić information content (AvgIpc) is 2.73. The van der Waals surface area contributed by atoms with Crippen molar-refractivity contribution in [3.8, 4) is 11.1 Å². The van der Waals surface area contributed by atoms with E-state index in [1.54, 1.807) is 6.08 Å². The molecule has 0 aliphatic heterocycles. The van der Waals surface area contributed by atoms with E-state index in [9.17, 15) is 4.39 Å². The van der Waals surface area contributed by atoms with Crippen LogP contribution >= 0.6 is 0 Å². The fourth-order valence-corrected chi connectivity index (χ4v) is 4.37. The lowest BCUT2D eigenvalue weighted by molar-refractivity contribution is 0.311. The SMILES string of the molecule is CCCCc1ccc(-c2ccc([C@H]3CC[C@H](CC/C=C/F)CC3)cc2)cc1. The summed E-state index contributed by atoms with van der Waals surface area (Å²) in [4.78, 5) is 0. The Balaban J connectivity index is 1.54. The molecule has 3 rings (SSSR count). The molecule has 0 N–H and O–H groups in total. The van der Waals surface area contributed by atoms with Crippen molar-refractivity contribution in [3.05, 3.63) is 72.1 Å². The lowest BCUT2D eigenvalue weighted by Crippen LogP contribution is -2.13. The van der Waals surface area contributed by atoms with E-state index >= 15 is 0 Å². The first-order valence-electron chi connectivity index (χ1n) is 10.7. The molecule has 0 radical (unpaired) electrons. The molecular weight excluding hydrogens is 331 g/mol. The highest BCUT2D eigenvalue weighted by Crippen LogP contribution is 2.38. The van der Waals surface area contributed by atoms with Crippen LogP contribution in [0.2, 0.25) is 0 Å². The lowest BCUT2D eigenvalue weighted by atomic mass is 9.77. The molecule has 0 heterocycles. The highest BCUT2D eigenvalue weighted by atomic mass is 19.1. The van der Waals surface area contributed by atoms with Gasteiger partial charge in [-0.2, -0.15) is 0 Å². The number of hydrogen-bond acceptors (Lipinski definition) is 0. The van der Waals surface area contributed by atoms with Crippen LogP contribution in [0.25, 0.3) is 11.1 Å². The quantitative estimate of drug-likeness (QED) is 0.442. The van der Waals surface area contributed by atoms with Gasteiger partial charge in [-0.05, 0) is 85.5 Å². The van der Waals surface area contributed by atoms with E-state index in [2.05, 4.69) is 55.5 Å². The van der Waals surface area contributed by atoms with Gasteiger partial charge in [-0.15, -0.1) is 0 Å². The van der Waals surface area contributed by atoms with Crippen LogP contribution in [0.15, 0.2) is 60.9 Å². The minimum Gasteiger partial charge on any atom is -0.216 e. The summed E-state index contributed by atoms with van der Waals surface area (Å²) in [5.74, 6) is 1.48. The van der Waals surface area contributed by atoms with Crippen LogP contribution in [0.5, 0.6) is 0 Å². The number of halogens is 1. The van der Waals surface area contributed by atoms with E-state index in [-0.39, 0.29) is 0 Å². The molecule has 1 aliphatic carbocycles. The maximum atomic E-state index is 12.1. The first-order chi connectivity index (χ1) is 13.3. The lowest BCUT2D eigenvalue weighted by Gasteiger charge is -2.28. The molecule has 27 heavy (non-hydrogen) atoms. The molecule has 1 aliphatic rings. The maximum absolute atomic E-state index is 12.1. The second kappa shape index (κ2) is 10.4. The Morgan fingerprint density at radius 2 is 1.52 bits per heavy atom. The number of benzene rings is 2. The molecular formula is C26H33F. The second-order valence-electron chi connectivity index (χ2n) is 8.08. The highest BCUT2D eigenvalue weighted by molar-refractivity contribution is 5.64. The fourth-order valence-electron chi connectivity index (χ4n) is 4.37. The third kappa shape index (κ3) is 5.79. The van der Waals surface area contributed by atoms with Gasteiger partial charge < -0.3 is 0 Å². The van der Waals surface area contributed by atoms with Gasteiger partial charge in [0.15, 0.2) is 0 Å². The van der Waals surface area contributed by atoms with Crippen molar-refractivity contribution in [2.24, 2.45) is 5.92 Å². The number of rotatable bonds is 8. The predicted octanol–water partition coefficient (Wildman–Crippen LogP) is 8.23. The van der Waals surface area contributed by atoms with E-state index in [0.717, 1.165) is 18.8 Å². The summed E-state index contributed by atoms with van der Waals surface area (Å²) in [6.45, 7) is 2.24. The molecule has 0 atom stereocenters. The number of aryl methyl sites for hydroxylation is 1. The van der Waals surface area contributed by atoms with Gasteiger partial charge in [0.25, 0.3) is 0 Å². The Labute approximate surface area is 164 Å². The molecule has 0 aromatic heterocycles. The van der Waals surface area contributed by atoms with Crippen molar-refractivity contribution in [3.63, 3.8) is 0 Å². The van der Waals surface area contributed by atoms with Crippen LogP contribution in [-0.2, 0) is 6.42 Å². The Morgan fingerprint density at radius 3 is 2.11 bits per heavy atom. The molecule has 144 valence electrons. The Kier molecular flexibility index (Phi) is 7.68. The third-order valence-corrected chi connectivity index (χ3v) is 6.17. The zero-order valence-corrected chi connectivity index (χ0v) is 16.7. The van der Waals surface area contributed by atoms with Gasteiger partial charge in [-0.3, -0.25) is 0 Å². The van der Waals surface area contributed by atoms with Crippen molar-refractivity contribution in [2.75, 3.05) is 0 Å². The summed E-state index contributed by atoms with van der Waals surface area (Å²) in [5.41, 5.74) is 5.55. The van der Waals surface area contributed by atoms with E-state index in [0.29, 0.717) is 12.2 Å². The second-order valence-corrected chi connectivity index (χ2v) is 8.08. The molecule has 0 saturated heterocycles. The summed E-state index contributed by atoms with van der Waals surface area (Å²) in [7, 11) is 0. The molecule has 0 unspecified atom stereocenters. The summed E-state index contributed by atoms with van der Waals surface area (Å²) in [5, 5.41) is 0. The molecule has 1 saturated carbocycles. The van der Waals surface area contributed by atoms with Gasteiger partial charge in [0.2, 0.25) is 0 Å². The van der Waals surface area contributed by atoms with Crippen molar-refractivity contribution in [1.82, 2.24) is 0 Å². The average molecular weight is 365 g/mol. The normalized spacial score (nSPS) is 20.2. The summed E-state index contributed by atoms with van der Waals surface area (Å²) in [6.07, 6.45) is 13.2. The Morgan fingerprint density at radius 1 is 0.889 bits per heavy atom. The predicted molar refractivity (Wildman–Crippen MR) is 115 cm³/mol. The van der Waals surface area contributed by atoms with Gasteiger partial charge in [0.05, 0.1) is 6.33 Å². The van der Waals surface area contributed by atoms with Crippen molar-refractivity contribution >= 4 is 0 Å². The van der Waals surface area contributed by atoms with Crippen LogP contribution in [-0.4, -0.2) is 0 Å². The van der Waals surface area contributed by atoms with Gasteiger partial charge >= 0.3 is 0 Å². The minimum absolute atomic E-state index is 0.686. The van der Waals surface area contributed by atoms with Crippen LogP contribution in [0, 0.1) is 5.92 Å². The molecule has 0 bridgehead atoms. The molecule has 0 amide bonds. The first kappa shape index (κ1) is 19.9. The van der Waals surface area contributed by atoms with Gasteiger partial charge in [0, 0.05) is 0 Å². The number of hydrogen-bond donors (Lipinski definition) is 0. The molecule has 1 heteroatoms. The zero-order valence-electron chi connectivity index (χ0n) is 16.7. The molecule has 0 nitrogen and oxygen atoms in total. The maximum Gasteiger partial charge on any atom is 0.0827 e. The Hall–Kier alpha value is -1.89. The highest BCUT2D eigenvalue weighted by Gasteiger charge is 2.21. The van der Waals surface area contributed by atoms with E-state index < -0.39 is 0 Å². The van der Waals surface area contributed by atoms with E-state index in [1.807, 2.05) is 0 Å². The van der Waals surface area contributed by atoms with Gasteiger partial charge in [0.1, 0.15) is 0 Å². The van der Waals surface area contributed by atoms with Crippen LogP contribution in [0.1, 0.15) is 75.3 Å². The van der Waals surface area contributed by atoms with Crippen LogP contribution in [0.4, 0.5) is 4.39 Å². The molecule has 0 spiro atoms. The van der Waals surface area contributed by atoms with E-state index in [1.165, 1.54) is 67.2 Å². The minimum atomic E-state index is 0.686. The summed E-state index contributed by atoms with van der Waals surface area (Å²) < 4.78 is 12.1. The van der Waals surface area contributed by atoms with Crippen molar-refractivity contribution in [1.29, 1.82) is 0 Å². The van der Waals surface area contributed by atoms with Crippen molar-refractivity contribution in [2.45, 2.75) is 70.6 Å². The molecule has 2 aromatic carbocycles. The summed E-state index contributed by atoms with van der Waals surface area (Å²) in [6, 6.07) is 18.3. The van der Waals surface area contributed by atoms with Crippen LogP contribution < -0.4 is 0 Å². The van der Waals surface area contributed by atoms with Gasteiger partial charge in [-0.25, -0.2) is 4.39 Å². The molecule has 2 aromatic rings. The smallest absolute Gasteiger partial charge is 0.0827 e. The summed E-state index contributed by atoms with van der Waals surface area (Å²) >= 11 is 0. The third-order valence-electron chi connectivity index (χ3n) is 6.17. The van der Waals surface area contributed by atoms with E-state index in [4.69, 9.17) is 0 Å². The fraction of sp³-hybridized carbons (Fsp3) is 0.462. The number of allylic oxidation sites excluding steroid dienone is 1.